The van der Waals surface area contributed by atoms with Crippen LogP contribution in [0.5, 0.6) is 0 Å². The van der Waals surface area contributed by atoms with Crippen LogP contribution in [-0.2, 0) is 24.0 Å². The van der Waals surface area contributed by atoms with E-state index in [9.17, 15) is 24.0 Å². The average Bonchev–Trinajstić information content (AvgIpc) is 2.25. The number of rotatable bonds is 8. The molecule has 0 radical (unpaired) electrons. The van der Waals surface area contributed by atoms with Crippen LogP contribution >= 0.6 is 0 Å². The van der Waals surface area contributed by atoms with E-state index < -0.39 is 60.8 Å². The Labute approximate surface area is 121 Å². The fraction of sp³-hybridized carbons (Fsp3) is 0.500. The molecule has 12 nitrogen and oxygen atoms in total. The highest BCUT2D eigenvalue weighted by molar-refractivity contribution is 5.88. The van der Waals surface area contributed by atoms with Crippen molar-refractivity contribution in [2.24, 2.45) is 0 Å². The van der Waals surface area contributed by atoms with E-state index in [1.165, 1.54) is 0 Å². The van der Waals surface area contributed by atoms with Crippen LogP contribution in [0, 0.1) is 0 Å². The molecule has 0 aliphatic heterocycles. The lowest BCUT2D eigenvalue weighted by atomic mass is 9.96. The number of carboxylic acids is 5. The zero-order valence-corrected chi connectivity index (χ0v) is 10.9. The van der Waals surface area contributed by atoms with Gasteiger partial charge in [-0.1, -0.05) is 0 Å². The summed E-state index contributed by atoms with van der Waals surface area (Å²) in [7, 11) is 0. The molecule has 0 aromatic rings. The Bertz CT molecular complexity index is 437. The van der Waals surface area contributed by atoms with Gasteiger partial charge in [0, 0.05) is 0 Å². The van der Waals surface area contributed by atoms with Gasteiger partial charge in [0.15, 0.2) is 11.7 Å². The summed E-state index contributed by atoms with van der Waals surface area (Å²) in [6.07, 6.45) is -4.83. The zero-order chi connectivity index (χ0) is 18.1. The predicted octanol–water partition coefficient (Wildman–Crippen LogP) is -2.34. The average molecular weight is 326 g/mol. The number of hydrogen-bond acceptors (Lipinski definition) is 7. The van der Waals surface area contributed by atoms with Gasteiger partial charge in [-0.15, -0.1) is 0 Å². The van der Waals surface area contributed by atoms with Crippen molar-refractivity contribution in [3.8, 4) is 0 Å². The highest BCUT2D eigenvalue weighted by atomic mass is 16.4. The Hall–Kier alpha value is -2.73. The maximum absolute atomic E-state index is 10.3. The summed E-state index contributed by atoms with van der Waals surface area (Å²) in [6, 6.07) is 0. The Balaban J connectivity index is 0. The normalized spacial score (nSPS) is 11.5. The van der Waals surface area contributed by atoms with Gasteiger partial charge in [0.1, 0.15) is 0 Å². The van der Waals surface area contributed by atoms with E-state index in [2.05, 4.69) is 0 Å². The first-order valence-corrected chi connectivity index (χ1v) is 5.34. The molecule has 0 aliphatic carbocycles. The van der Waals surface area contributed by atoms with Crippen molar-refractivity contribution < 1.29 is 59.7 Å². The molecule has 0 aromatic carbocycles. The minimum Gasteiger partial charge on any atom is -0.481 e. The highest BCUT2D eigenvalue weighted by Gasteiger charge is 2.40. The summed E-state index contributed by atoms with van der Waals surface area (Å²) in [5.74, 6) is -7.86. The third-order valence-corrected chi connectivity index (χ3v) is 1.94. The predicted molar refractivity (Wildman–Crippen MR) is 63.0 cm³/mol. The van der Waals surface area contributed by atoms with Crippen molar-refractivity contribution in [1.82, 2.24) is 0 Å². The van der Waals surface area contributed by atoms with Gasteiger partial charge in [-0.3, -0.25) is 14.4 Å². The Morgan fingerprint density at radius 3 is 1.27 bits per heavy atom. The smallest absolute Gasteiger partial charge is 0.336 e. The van der Waals surface area contributed by atoms with Crippen molar-refractivity contribution in [3.63, 3.8) is 0 Å². The number of hydrogen-bond donors (Lipinski definition) is 7. The van der Waals surface area contributed by atoms with Crippen molar-refractivity contribution in [3.05, 3.63) is 0 Å². The second-order valence-corrected chi connectivity index (χ2v) is 3.93. The van der Waals surface area contributed by atoms with E-state index in [0.717, 1.165) is 0 Å². The van der Waals surface area contributed by atoms with E-state index >= 15 is 0 Å². The Morgan fingerprint density at radius 2 is 1.14 bits per heavy atom. The summed E-state index contributed by atoms with van der Waals surface area (Å²) in [5, 5.41) is 58.0. The first kappa shape index (κ1) is 21.6. The zero-order valence-electron chi connectivity index (χ0n) is 10.9. The SMILES string of the molecule is O=C(O)CC(O)(CC(=O)O)C(=O)O.O=C(O)C[C@H](O)C(=O)O. The monoisotopic (exact) mass is 326 g/mol. The summed E-state index contributed by atoms with van der Waals surface area (Å²) in [4.78, 5) is 49.9. The molecule has 0 saturated carbocycles. The van der Waals surface area contributed by atoms with Gasteiger partial charge in [-0.25, -0.2) is 9.59 Å². The lowest BCUT2D eigenvalue weighted by Crippen LogP contribution is -2.42. The van der Waals surface area contributed by atoms with Crippen LogP contribution in [0.3, 0.4) is 0 Å². The number of aliphatic carboxylic acids is 5. The molecule has 0 heterocycles. The third-order valence-electron chi connectivity index (χ3n) is 1.94. The fourth-order valence-corrected chi connectivity index (χ4v) is 0.967. The quantitative estimate of drug-likeness (QED) is 0.249. The van der Waals surface area contributed by atoms with Crippen LogP contribution in [0.1, 0.15) is 19.3 Å². The topological polar surface area (TPSA) is 227 Å². The molecule has 0 spiro atoms. The van der Waals surface area contributed by atoms with Crippen molar-refractivity contribution in [2.45, 2.75) is 31.0 Å². The van der Waals surface area contributed by atoms with Crippen LogP contribution in [0.4, 0.5) is 0 Å². The minimum absolute atomic E-state index is 0.755. The fourth-order valence-electron chi connectivity index (χ4n) is 0.967. The standard InChI is InChI=1S/C6H8O7.C4H6O5/c7-3(8)1-6(13,5(11)12)2-4(9)10;5-2(4(8)9)1-3(6)7/h13H,1-2H2,(H,7,8)(H,9,10)(H,11,12);2,5H,1H2,(H,6,7)(H,8,9)/t;2-/m.0/s1. The van der Waals surface area contributed by atoms with Crippen molar-refractivity contribution >= 4 is 29.8 Å². The minimum atomic E-state index is -2.74. The second kappa shape index (κ2) is 9.25. The van der Waals surface area contributed by atoms with Crippen LogP contribution in [0.2, 0.25) is 0 Å². The molecule has 0 fully saturated rings. The molecule has 0 unspecified atom stereocenters. The summed E-state index contributed by atoms with van der Waals surface area (Å²) < 4.78 is 0. The molecule has 0 aromatic heterocycles. The Morgan fingerprint density at radius 1 is 0.773 bits per heavy atom. The van der Waals surface area contributed by atoms with Gasteiger partial charge in [0.05, 0.1) is 19.3 Å². The van der Waals surface area contributed by atoms with E-state index in [1.807, 2.05) is 0 Å². The van der Waals surface area contributed by atoms with Crippen LogP contribution in [0.25, 0.3) is 0 Å². The highest BCUT2D eigenvalue weighted by Crippen LogP contribution is 2.15. The number of carboxylic acid groups (broad SMARTS) is 5. The van der Waals surface area contributed by atoms with Gasteiger partial charge < -0.3 is 35.7 Å². The summed E-state index contributed by atoms with van der Waals surface area (Å²) in [6.45, 7) is 0. The van der Waals surface area contributed by atoms with Gasteiger partial charge in [0.2, 0.25) is 0 Å². The number of aliphatic hydroxyl groups excluding tert-OH is 1. The Kier molecular flexibility index (Phi) is 9.07. The lowest BCUT2D eigenvalue weighted by molar-refractivity contribution is -0.170. The largest absolute Gasteiger partial charge is 0.481 e. The molecule has 22 heavy (non-hydrogen) atoms. The molecule has 0 amide bonds. The molecule has 7 N–H and O–H groups in total. The van der Waals surface area contributed by atoms with Crippen LogP contribution in [0.15, 0.2) is 0 Å². The molecular formula is C10H14O12. The van der Waals surface area contributed by atoms with E-state index in [-0.39, 0.29) is 0 Å². The molecule has 0 bridgehead atoms. The van der Waals surface area contributed by atoms with Crippen molar-refractivity contribution in [2.75, 3.05) is 0 Å². The summed E-state index contributed by atoms with van der Waals surface area (Å²) >= 11 is 0. The third kappa shape index (κ3) is 10.1. The summed E-state index contributed by atoms with van der Waals surface area (Å²) in [5.41, 5.74) is -2.74. The molecule has 1 atom stereocenters. The first-order chi connectivity index (χ1) is 9.81. The maximum Gasteiger partial charge on any atom is 0.336 e. The van der Waals surface area contributed by atoms with Crippen LogP contribution < -0.4 is 0 Å². The molecule has 12 heteroatoms. The molecular weight excluding hydrogens is 312 g/mol. The first-order valence-electron chi connectivity index (χ1n) is 5.34. The lowest BCUT2D eigenvalue weighted by Gasteiger charge is -2.18. The molecule has 0 aliphatic rings. The van der Waals surface area contributed by atoms with E-state index in [4.69, 9.17) is 35.7 Å². The molecule has 126 valence electrons. The molecule has 0 rings (SSSR count). The van der Waals surface area contributed by atoms with E-state index in [1.54, 1.807) is 0 Å². The van der Waals surface area contributed by atoms with Crippen LogP contribution in [-0.4, -0.2) is 77.3 Å². The molecule has 0 saturated heterocycles. The second-order valence-electron chi connectivity index (χ2n) is 3.93. The van der Waals surface area contributed by atoms with Gasteiger partial charge in [-0.05, 0) is 0 Å². The number of carbonyl (C=O) groups is 5. The maximum atomic E-state index is 10.3. The van der Waals surface area contributed by atoms with Gasteiger partial charge in [-0.2, -0.15) is 0 Å². The van der Waals surface area contributed by atoms with Gasteiger partial charge >= 0.3 is 29.8 Å². The van der Waals surface area contributed by atoms with Crippen molar-refractivity contribution in [1.29, 1.82) is 0 Å². The number of aliphatic hydroxyl groups is 2. The van der Waals surface area contributed by atoms with E-state index in [0.29, 0.717) is 0 Å². The van der Waals surface area contributed by atoms with Gasteiger partial charge in [0.25, 0.3) is 0 Å².